The minimum absolute atomic E-state index is 0.00849. The van der Waals surface area contributed by atoms with Crippen molar-refractivity contribution >= 4 is 27.7 Å². The third-order valence-electron chi connectivity index (χ3n) is 4.17. The molecule has 1 amide bonds. The number of benzene rings is 2. The Bertz CT molecular complexity index is 1040. The van der Waals surface area contributed by atoms with Gasteiger partial charge in [0.1, 0.15) is 11.5 Å². The highest BCUT2D eigenvalue weighted by Gasteiger charge is 2.28. The van der Waals surface area contributed by atoms with Gasteiger partial charge in [-0.15, -0.1) is 0 Å². The van der Waals surface area contributed by atoms with Crippen LogP contribution in [0.2, 0.25) is 0 Å². The zero-order valence-corrected chi connectivity index (χ0v) is 16.8. The molecular weight excluding hydrogens is 418 g/mol. The van der Waals surface area contributed by atoms with E-state index in [4.69, 9.17) is 4.74 Å². The van der Waals surface area contributed by atoms with E-state index < -0.39 is 22.5 Å². The molecule has 3 rings (SSSR count). The molecule has 1 aliphatic rings. The van der Waals surface area contributed by atoms with Crippen LogP contribution in [0.1, 0.15) is 18.4 Å². The fraction of sp³-hybridized carbons (Fsp3) is 0.250. The lowest BCUT2D eigenvalue weighted by atomic mass is 10.2. The molecule has 10 heteroatoms. The molecule has 2 N–H and O–H groups in total. The van der Waals surface area contributed by atoms with Crippen LogP contribution in [0, 0.1) is 0 Å². The second-order valence-corrected chi connectivity index (χ2v) is 8.24. The fourth-order valence-electron chi connectivity index (χ4n) is 2.55. The van der Waals surface area contributed by atoms with Crippen LogP contribution in [0.25, 0.3) is 6.08 Å². The number of hydrogen-bond donors (Lipinski definition) is 2. The summed E-state index contributed by atoms with van der Waals surface area (Å²) >= 11 is 0. The molecule has 1 aliphatic carbocycles. The number of alkyl halides is 2. The molecule has 0 heterocycles. The van der Waals surface area contributed by atoms with Crippen LogP contribution in [0.5, 0.6) is 11.5 Å². The summed E-state index contributed by atoms with van der Waals surface area (Å²) in [6, 6.07) is 9.88. The van der Waals surface area contributed by atoms with E-state index in [1.807, 2.05) is 0 Å². The van der Waals surface area contributed by atoms with Crippen molar-refractivity contribution in [2.24, 2.45) is 0 Å². The summed E-state index contributed by atoms with van der Waals surface area (Å²) < 4.78 is 61.1. The fourth-order valence-corrected chi connectivity index (χ4v) is 3.88. The topological polar surface area (TPSA) is 93.7 Å². The molecule has 160 valence electrons. The van der Waals surface area contributed by atoms with Gasteiger partial charge in [-0.1, -0.05) is 12.1 Å². The number of methoxy groups -OCH3 is 1. The Morgan fingerprint density at radius 3 is 2.47 bits per heavy atom. The number of amides is 1. The van der Waals surface area contributed by atoms with Gasteiger partial charge >= 0.3 is 6.61 Å². The molecule has 0 bridgehead atoms. The highest BCUT2D eigenvalue weighted by molar-refractivity contribution is 7.89. The van der Waals surface area contributed by atoms with Crippen LogP contribution in [-0.2, 0) is 14.8 Å². The van der Waals surface area contributed by atoms with E-state index in [1.165, 1.54) is 61.7 Å². The monoisotopic (exact) mass is 438 g/mol. The van der Waals surface area contributed by atoms with Gasteiger partial charge in [-0.25, -0.2) is 13.1 Å². The van der Waals surface area contributed by atoms with E-state index in [9.17, 15) is 22.0 Å². The number of anilines is 1. The molecule has 0 aliphatic heterocycles. The van der Waals surface area contributed by atoms with Crippen molar-refractivity contribution in [3.63, 3.8) is 0 Å². The van der Waals surface area contributed by atoms with Gasteiger partial charge in [0, 0.05) is 12.1 Å². The minimum Gasteiger partial charge on any atom is -0.495 e. The van der Waals surface area contributed by atoms with E-state index in [0.29, 0.717) is 11.3 Å². The van der Waals surface area contributed by atoms with Crippen LogP contribution >= 0.6 is 0 Å². The predicted molar refractivity (Wildman–Crippen MR) is 107 cm³/mol. The maximum atomic E-state index is 12.4. The molecule has 0 unspecified atom stereocenters. The number of ether oxygens (including phenoxy) is 2. The first kappa shape index (κ1) is 21.7. The molecule has 0 radical (unpaired) electrons. The maximum absolute atomic E-state index is 12.4. The second kappa shape index (κ2) is 9.23. The van der Waals surface area contributed by atoms with Gasteiger partial charge in [0.05, 0.1) is 17.7 Å². The van der Waals surface area contributed by atoms with E-state index in [-0.39, 0.29) is 22.4 Å². The molecule has 2 aromatic rings. The number of nitrogens with one attached hydrogen (secondary N) is 2. The summed E-state index contributed by atoms with van der Waals surface area (Å²) in [6.45, 7) is -2.91. The highest BCUT2D eigenvalue weighted by atomic mass is 32.2. The molecular formula is C20H20F2N2O5S. The van der Waals surface area contributed by atoms with Crippen LogP contribution in [0.3, 0.4) is 0 Å². The second-order valence-electron chi connectivity index (χ2n) is 6.53. The smallest absolute Gasteiger partial charge is 0.387 e. The van der Waals surface area contributed by atoms with Crippen molar-refractivity contribution in [3.8, 4) is 11.5 Å². The molecule has 30 heavy (non-hydrogen) atoms. The lowest BCUT2D eigenvalue weighted by Gasteiger charge is -2.12. The quantitative estimate of drug-likeness (QED) is 0.586. The Hall–Kier alpha value is -2.98. The lowest BCUT2D eigenvalue weighted by Crippen LogP contribution is -2.25. The average Bonchev–Trinajstić information content (AvgIpc) is 3.50. The number of carbonyl (C=O) groups is 1. The molecule has 1 saturated carbocycles. The van der Waals surface area contributed by atoms with Crippen LogP contribution < -0.4 is 19.5 Å². The van der Waals surface area contributed by atoms with Gasteiger partial charge < -0.3 is 14.8 Å². The van der Waals surface area contributed by atoms with Gasteiger partial charge in [0.25, 0.3) is 0 Å². The van der Waals surface area contributed by atoms with Crippen molar-refractivity contribution in [1.29, 1.82) is 0 Å². The molecule has 0 spiro atoms. The third kappa shape index (κ3) is 6.01. The van der Waals surface area contributed by atoms with Crippen molar-refractivity contribution in [1.82, 2.24) is 4.72 Å². The minimum atomic E-state index is -3.69. The van der Waals surface area contributed by atoms with Gasteiger partial charge in [-0.05, 0) is 54.8 Å². The van der Waals surface area contributed by atoms with Gasteiger partial charge in [0.15, 0.2) is 0 Å². The van der Waals surface area contributed by atoms with Crippen molar-refractivity contribution in [2.75, 3.05) is 12.4 Å². The third-order valence-corrected chi connectivity index (χ3v) is 5.69. The molecule has 1 fully saturated rings. The summed E-state index contributed by atoms with van der Waals surface area (Å²) in [5.74, 6) is -0.212. The first-order chi connectivity index (χ1) is 14.3. The van der Waals surface area contributed by atoms with Crippen molar-refractivity contribution in [2.45, 2.75) is 30.4 Å². The number of hydrogen-bond acceptors (Lipinski definition) is 5. The summed E-state index contributed by atoms with van der Waals surface area (Å²) in [7, 11) is -2.29. The van der Waals surface area contributed by atoms with E-state index >= 15 is 0 Å². The first-order valence-corrected chi connectivity index (χ1v) is 10.5. The van der Waals surface area contributed by atoms with Crippen LogP contribution in [-0.4, -0.2) is 34.1 Å². The number of sulfonamides is 1. The van der Waals surface area contributed by atoms with Gasteiger partial charge in [-0.2, -0.15) is 8.78 Å². The van der Waals surface area contributed by atoms with E-state index in [1.54, 1.807) is 0 Å². The molecule has 0 atom stereocenters. The zero-order chi connectivity index (χ0) is 21.7. The normalized spacial score (nSPS) is 14.1. The Morgan fingerprint density at radius 1 is 1.17 bits per heavy atom. The largest absolute Gasteiger partial charge is 0.495 e. The predicted octanol–water partition coefficient (Wildman–Crippen LogP) is 3.39. The Balaban J connectivity index is 1.70. The number of halogens is 2. The summed E-state index contributed by atoms with van der Waals surface area (Å²) in [6.07, 6.45) is 4.31. The van der Waals surface area contributed by atoms with Crippen LogP contribution in [0.15, 0.2) is 53.4 Å². The first-order valence-electron chi connectivity index (χ1n) is 9.01. The van der Waals surface area contributed by atoms with Crippen molar-refractivity contribution in [3.05, 3.63) is 54.1 Å². The Morgan fingerprint density at radius 2 is 1.87 bits per heavy atom. The maximum Gasteiger partial charge on any atom is 0.387 e. The van der Waals surface area contributed by atoms with Crippen molar-refractivity contribution < 1.29 is 31.5 Å². The SMILES string of the molecule is COc1ccc(S(=O)(=O)NC2CC2)cc1NC(=O)/C=C/c1ccc(OC(F)F)cc1. The average molecular weight is 438 g/mol. The summed E-state index contributed by atoms with van der Waals surface area (Å²) in [5, 5.41) is 2.58. The Kier molecular flexibility index (Phi) is 6.68. The Labute approximate surface area is 172 Å². The standard InChI is InChI=1S/C20H20F2N2O5S/c1-28-18-10-9-16(30(26,27)24-14-5-6-14)12-17(18)23-19(25)11-4-13-2-7-15(8-3-13)29-20(21)22/h2-4,7-12,14,20,24H,5-6H2,1H3,(H,23,25)/b11-4+. The molecule has 0 saturated heterocycles. The van der Waals surface area contributed by atoms with E-state index in [2.05, 4.69) is 14.8 Å². The summed E-state index contributed by atoms with van der Waals surface area (Å²) in [4.78, 5) is 12.3. The molecule has 7 nitrogen and oxygen atoms in total. The molecule has 0 aromatic heterocycles. The molecule has 2 aromatic carbocycles. The van der Waals surface area contributed by atoms with Crippen LogP contribution in [0.4, 0.5) is 14.5 Å². The van der Waals surface area contributed by atoms with E-state index in [0.717, 1.165) is 12.8 Å². The van der Waals surface area contributed by atoms with Gasteiger partial charge in [-0.3, -0.25) is 4.79 Å². The summed E-state index contributed by atoms with van der Waals surface area (Å²) in [5.41, 5.74) is 0.787. The lowest BCUT2D eigenvalue weighted by molar-refractivity contribution is -0.111. The van der Waals surface area contributed by atoms with Gasteiger partial charge in [0.2, 0.25) is 15.9 Å². The highest BCUT2D eigenvalue weighted by Crippen LogP contribution is 2.29. The number of rotatable bonds is 9. The number of carbonyl (C=O) groups excluding carboxylic acids is 1. The zero-order valence-electron chi connectivity index (χ0n) is 16.0.